The molecular formula is C21H14Br2NP. The Balaban J connectivity index is 2.00. The zero-order valence-electron chi connectivity index (χ0n) is 13.2. The molecule has 0 amide bonds. The Labute approximate surface area is 165 Å². The Hall–Kier alpha value is -1.54. The highest BCUT2D eigenvalue weighted by atomic mass is 79.9. The monoisotopic (exact) mass is 469 g/mol. The van der Waals surface area contributed by atoms with Crippen LogP contribution in [0.25, 0.3) is 10.9 Å². The number of para-hydroxylation sites is 1. The van der Waals surface area contributed by atoms with Crippen LogP contribution in [0.3, 0.4) is 0 Å². The third-order valence-corrected chi connectivity index (χ3v) is 8.81. The highest BCUT2D eigenvalue weighted by molar-refractivity contribution is 9.13. The van der Waals surface area contributed by atoms with Crippen molar-refractivity contribution in [3.8, 4) is 0 Å². The number of hydrogen-bond acceptors (Lipinski definition) is 1. The van der Waals surface area contributed by atoms with E-state index < -0.39 is 7.92 Å². The summed E-state index contributed by atoms with van der Waals surface area (Å²) in [6.45, 7) is 0. The molecule has 0 saturated heterocycles. The second kappa shape index (κ2) is 7.37. The van der Waals surface area contributed by atoms with Crippen LogP contribution in [0, 0.1) is 0 Å². The molecule has 0 N–H and O–H groups in total. The molecule has 0 atom stereocenters. The lowest BCUT2D eigenvalue weighted by molar-refractivity contribution is 1.44. The molecule has 4 heteroatoms. The van der Waals surface area contributed by atoms with Crippen molar-refractivity contribution in [3.05, 3.63) is 93.9 Å². The van der Waals surface area contributed by atoms with Gasteiger partial charge in [0.05, 0.1) is 15.4 Å². The number of benzene rings is 3. The number of hydrogen-bond donors (Lipinski definition) is 0. The third-order valence-electron chi connectivity index (χ3n) is 4.00. The van der Waals surface area contributed by atoms with E-state index in [4.69, 9.17) is 4.98 Å². The van der Waals surface area contributed by atoms with Crippen LogP contribution in [-0.4, -0.2) is 4.98 Å². The molecule has 25 heavy (non-hydrogen) atoms. The molecule has 0 aliphatic heterocycles. The summed E-state index contributed by atoms with van der Waals surface area (Å²) in [5, 5.41) is 3.70. The number of halogens is 2. The summed E-state index contributed by atoms with van der Waals surface area (Å²) in [6.07, 6.45) is 0. The molecule has 4 rings (SSSR count). The molecule has 4 aromatic rings. The zero-order chi connectivity index (χ0) is 17.2. The largest absolute Gasteiger partial charge is 0.246 e. The van der Waals surface area contributed by atoms with Gasteiger partial charge in [0.1, 0.15) is 0 Å². The van der Waals surface area contributed by atoms with Crippen LogP contribution in [0.5, 0.6) is 0 Å². The Morgan fingerprint density at radius 3 is 1.72 bits per heavy atom. The first-order chi connectivity index (χ1) is 12.3. The van der Waals surface area contributed by atoms with E-state index in [1.54, 1.807) is 0 Å². The molecule has 0 aliphatic carbocycles. The van der Waals surface area contributed by atoms with Gasteiger partial charge >= 0.3 is 0 Å². The number of fused-ring (bicyclic) bond motifs is 1. The minimum Gasteiger partial charge on any atom is -0.246 e. The highest BCUT2D eigenvalue weighted by Gasteiger charge is 2.23. The van der Waals surface area contributed by atoms with Gasteiger partial charge in [0.15, 0.2) is 0 Å². The molecule has 0 spiro atoms. The SMILES string of the molecule is Brc1c(P(c2ccccc2)c2ccccc2)nc2ccccc2c1Br. The first kappa shape index (κ1) is 16.9. The highest BCUT2D eigenvalue weighted by Crippen LogP contribution is 2.39. The van der Waals surface area contributed by atoms with Crippen LogP contribution >= 0.6 is 39.8 Å². The van der Waals surface area contributed by atoms with Crippen LogP contribution in [0.1, 0.15) is 0 Å². The van der Waals surface area contributed by atoms with Crippen LogP contribution in [-0.2, 0) is 0 Å². The summed E-state index contributed by atoms with van der Waals surface area (Å²) in [7, 11) is -0.744. The maximum atomic E-state index is 5.04. The fourth-order valence-corrected chi connectivity index (χ4v) is 6.59. The lowest BCUT2D eigenvalue weighted by Gasteiger charge is -2.21. The Bertz CT molecular complexity index is 980. The average Bonchev–Trinajstić information content (AvgIpc) is 2.68. The topological polar surface area (TPSA) is 12.9 Å². The van der Waals surface area contributed by atoms with E-state index in [0.29, 0.717) is 0 Å². The van der Waals surface area contributed by atoms with Crippen molar-refractivity contribution in [3.63, 3.8) is 0 Å². The van der Waals surface area contributed by atoms with E-state index in [1.807, 2.05) is 12.1 Å². The maximum absolute atomic E-state index is 5.04. The van der Waals surface area contributed by atoms with Crippen LogP contribution < -0.4 is 16.0 Å². The summed E-state index contributed by atoms with van der Waals surface area (Å²) in [6, 6.07) is 29.5. The Kier molecular flexibility index (Phi) is 4.98. The number of pyridine rings is 1. The van der Waals surface area contributed by atoms with Crippen molar-refractivity contribution in [2.75, 3.05) is 0 Å². The van der Waals surface area contributed by atoms with E-state index >= 15 is 0 Å². The molecule has 3 aromatic carbocycles. The maximum Gasteiger partial charge on any atom is 0.0881 e. The van der Waals surface area contributed by atoms with E-state index in [2.05, 4.69) is 105 Å². The minimum absolute atomic E-state index is 0.744. The van der Waals surface area contributed by atoms with Crippen molar-refractivity contribution in [1.29, 1.82) is 0 Å². The lowest BCUT2D eigenvalue weighted by Crippen LogP contribution is -2.24. The quantitative estimate of drug-likeness (QED) is 0.359. The summed E-state index contributed by atoms with van der Waals surface area (Å²) in [4.78, 5) is 5.04. The van der Waals surface area contributed by atoms with E-state index in [-0.39, 0.29) is 0 Å². The zero-order valence-corrected chi connectivity index (χ0v) is 17.3. The van der Waals surface area contributed by atoms with E-state index in [0.717, 1.165) is 25.3 Å². The molecule has 0 bridgehead atoms. The Morgan fingerprint density at radius 2 is 1.12 bits per heavy atom. The summed E-state index contributed by atoms with van der Waals surface area (Å²) in [5.41, 5.74) is 2.09. The van der Waals surface area contributed by atoms with Crippen molar-refractivity contribution in [1.82, 2.24) is 4.98 Å². The molecule has 0 aliphatic rings. The standard InChI is InChI=1S/C21H14Br2NP/c22-19-17-13-7-8-14-18(17)24-21(20(19)23)25(15-9-3-1-4-10-15)16-11-5-2-6-12-16/h1-14H. The summed E-state index contributed by atoms with van der Waals surface area (Å²) in [5.74, 6) is 0. The van der Waals surface area contributed by atoms with Gasteiger partial charge in [-0.05, 0) is 48.5 Å². The van der Waals surface area contributed by atoms with Crippen LogP contribution in [0.2, 0.25) is 0 Å². The fourth-order valence-electron chi connectivity index (χ4n) is 2.83. The van der Waals surface area contributed by atoms with Gasteiger partial charge in [-0.25, -0.2) is 4.98 Å². The lowest BCUT2D eigenvalue weighted by atomic mass is 10.2. The van der Waals surface area contributed by atoms with Gasteiger partial charge in [0.2, 0.25) is 0 Å². The molecule has 0 radical (unpaired) electrons. The van der Waals surface area contributed by atoms with Crippen LogP contribution in [0.15, 0.2) is 93.9 Å². The van der Waals surface area contributed by atoms with Gasteiger partial charge in [-0.15, -0.1) is 0 Å². The van der Waals surface area contributed by atoms with Crippen LogP contribution in [0.4, 0.5) is 0 Å². The summed E-state index contributed by atoms with van der Waals surface area (Å²) >= 11 is 7.57. The second-order valence-electron chi connectivity index (χ2n) is 5.59. The van der Waals surface area contributed by atoms with Gasteiger partial charge in [0, 0.05) is 17.8 Å². The van der Waals surface area contributed by atoms with Gasteiger partial charge in [-0.3, -0.25) is 0 Å². The molecule has 122 valence electrons. The molecule has 0 unspecified atom stereocenters. The fraction of sp³-hybridized carbons (Fsp3) is 0. The normalized spacial score (nSPS) is 11.2. The molecule has 0 fully saturated rings. The minimum atomic E-state index is -0.744. The molecular weight excluding hydrogens is 457 g/mol. The predicted octanol–water partition coefficient (Wildman–Crippen LogP) is 5.52. The molecule has 1 heterocycles. The Morgan fingerprint density at radius 1 is 0.600 bits per heavy atom. The number of aromatic nitrogens is 1. The molecule has 1 nitrogen and oxygen atoms in total. The number of nitrogens with zero attached hydrogens (tertiary/aromatic N) is 1. The van der Waals surface area contributed by atoms with Crippen molar-refractivity contribution in [2.45, 2.75) is 0 Å². The van der Waals surface area contributed by atoms with Gasteiger partial charge in [-0.2, -0.15) is 0 Å². The van der Waals surface area contributed by atoms with Crippen molar-refractivity contribution < 1.29 is 0 Å². The first-order valence-corrected chi connectivity index (χ1v) is 10.8. The van der Waals surface area contributed by atoms with E-state index in [9.17, 15) is 0 Å². The van der Waals surface area contributed by atoms with Crippen molar-refractivity contribution >= 4 is 66.7 Å². The van der Waals surface area contributed by atoms with Gasteiger partial charge in [0.25, 0.3) is 0 Å². The predicted molar refractivity (Wildman–Crippen MR) is 116 cm³/mol. The van der Waals surface area contributed by atoms with Gasteiger partial charge < -0.3 is 0 Å². The molecule has 1 aromatic heterocycles. The third kappa shape index (κ3) is 3.29. The number of rotatable bonds is 3. The first-order valence-electron chi connectivity index (χ1n) is 7.89. The van der Waals surface area contributed by atoms with E-state index in [1.165, 1.54) is 10.6 Å². The van der Waals surface area contributed by atoms with Gasteiger partial charge in [-0.1, -0.05) is 78.9 Å². The van der Waals surface area contributed by atoms with Crippen molar-refractivity contribution in [2.24, 2.45) is 0 Å². The smallest absolute Gasteiger partial charge is 0.0881 e. The second-order valence-corrected chi connectivity index (χ2v) is 9.30. The average molecular weight is 471 g/mol. The molecule has 0 saturated carbocycles. The summed E-state index contributed by atoms with van der Waals surface area (Å²) < 4.78 is 2.09.